The summed E-state index contributed by atoms with van der Waals surface area (Å²) in [5.41, 5.74) is 6.02. The summed E-state index contributed by atoms with van der Waals surface area (Å²) in [6, 6.07) is 13.8. The third-order valence-corrected chi connectivity index (χ3v) is 7.85. The van der Waals surface area contributed by atoms with E-state index in [0.29, 0.717) is 25.8 Å². The number of carbonyl (C=O) groups excluding carboxylic acids is 2. The second-order valence-corrected chi connectivity index (χ2v) is 9.87. The van der Waals surface area contributed by atoms with Crippen molar-refractivity contribution in [2.75, 3.05) is 13.6 Å². The molecule has 200 valence electrons. The van der Waals surface area contributed by atoms with Gasteiger partial charge in [-0.3, -0.25) is 19.8 Å². The van der Waals surface area contributed by atoms with Crippen molar-refractivity contribution in [2.45, 2.75) is 70.3 Å². The zero-order chi connectivity index (χ0) is 27.1. The van der Waals surface area contributed by atoms with E-state index in [-0.39, 0.29) is 24.4 Å². The summed E-state index contributed by atoms with van der Waals surface area (Å²) >= 11 is 0. The average Bonchev–Trinajstić information content (AvgIpc) is 2.93. The van der Waals surface area contributed by atoms with Gasteiger partial charge in [0.25, 0.3) is 0 Å². The molecule has 2 aromatic carbocycles. The summed E-state index contributed by atoms with van der Waals surface area (Å²) in [4.78, 5) is 39.5. The number of carboxylic acids is 1. The first-order chi connectivity index (χ1) is 17.7. The highest BCUT2D eigenvalue weighted by molar-refractivity contribution is 6.12. The highest BCUT2D eigenvalue weighted by Crippen LogP contribution is 2.39. The molecule has 1 amide bonds. The van der Waals surface area contributed by atoms with Crippen LogP contribution >= 0.6 is 0 Å². The molecule has 1 aliphatic rings. The van der Waals surface area contributed by atoms with Crippen molar-refractivity contribution in [3.63, 3.8) is 0 Å². The number of hydrogen-bond acceptors (Lipinski definition) is 5. The van der Waals surface area contributed by atoms with E-state index >= 15 is 0 Å². The van der Waals surface area contributed by atoms with Gasteiger partial charge in [0, 0.05) is 25.9 Å². The molecule has 1 unspecified atom stereocenters. The summed E-state index contributed by atoms with van der Waals surface area (Å²) in [5, 5.41) is 12.7. The Morgan fingerprint density at radius 1 is 1.05 bits per heavy atom. The van der Waals surface area contributed by atoms with Crippen LogP contribution in [0.15, 0.2) is 48.5 Å². The number of likely N-dealkylation sites (N-methyl/N-ethyl adjacent to an activating group) is 1. The van der Waals surface area contributed by atoms with E-state index in [9.17, 15) is 23.9 Å². The van der Waals surface area contributed by atoms with Crippen LogP contribution < -0.4 is 16.2 Å². The maximum atomic E-state index is 13.9. The van der Waals surface area contributed by atoms with Crippen LogP contribution in [0.1, 0.15) is 70.3 Å². The van der Waals surface area contributed by atoms with E-state index in [1.807, 2.05) is 38.1 Å². The van der Waals surface area contributed by atoms with Gasteiger partial charge in [0.1, 0.15) is 5.82 Å². The van der Waals surface area contributed by atoms with Crippen LogP contribution in [-0.2, 0) is 14.4 Å². The number of ketones is 1. The van der Waals surface area contributed by atoms with Crippen LogP contribution in [0.3, 0.4) is 0 Å². The third kappa shape index (κ3) is 5.91. The van der Waals surface area contributed by atoms with E-state index in [2.05, 4.69) is 16.2 Å². The number of hydrazine groups is 1. The summed E-state index contributed by atoms with van der Waals surface area (Å²) in [6.45, 7) is 4.41. The number of Topliss-reactive ketones (excluding diaryl/α,β-unsaturated/α-hetero) is 1. The maximum Gasteiger partial charge on any atom is 0.309 e. The molecule has 1 aliphatic heterocycles. The zero-order valence-corrected chi connectivity index (χ0v) is 21.9. The molecule has 4 N–H and O–H groups in total. The zero-order valence-electron chi connectivity index (χ0n) is 21.9. The van der Waals surface area contributed by atoms with Crippen molar-refractivity contribution in [2.24, 2.45) is 5.41 Å². The Balaban J connectivity index is 1.93. The number of halogens is 1. The SMILES string of the molecule is CCCCC(CC)(CCC(=O)[C@@]1(C(=O)NC)NNCC[C@H]1c1ccc(-c2ccc(F)cc2)cc1)C(=O)O. The van der Waals surface area contributed by atoms with Crippen LogP contribution in [-0.4, -0.2) is 41.9 Å². The van der Waals surface area contributed by atoms with Gasteiger partial charge in [-0.15, -0.1) is 0 Å². The fourth-order valence-electron chi connectivity index (χ4n) is 5.40. The molecule has 0 saturated carbocycles. The Morgan fingerprint density at radius 3 is 2.22 bits per heavy atom. The minimum atomic E-state index is -1.58. The van der Waals surface area contributed by atoms with E-state index in [1.54, 1.807) is 12.1 Å². The topological polar surface area (TPSA) is 108 Å². The first kappa shape index (κ1) is 28.5. The fraction of sp³-hybridized carbons (Fsp3) is 0.483. The number of carbonyl (C=O) groups is 3. The first-order valence-electron chi connectivity index (χ1n) is 13.1. The van der Waals surface area contributed by atoms with Crippen LogP contribution in [0.5, 0.6) is 0 Å². The van der Waals surface area contributed by atoms with Crippen molar-refractivity contribution in [3.05, 3.63) is 59.9 Å². The molecular weight excluding hydrogens is 473 g/mol. The summed E-state index contributed by atoms with van der Waals surface area (Å²) in [5.74, 6) is -2.45. The Hall–Kier alpha value is -3.10. The Labute approximate surface area is 218 Å². The summed E-state index contributed by atoms with van der Waals surface area (Å²) < 4.78 is 13.3. The number of aliphatic carboxylic acids is 1. The molecule has 7 nitrogen and oxygen atoms in total. The van der Waals surface area contributed by atoms with Gasteiger partial charge in [0.2, 0.25) is 5.91 Å². The van der Waals surface area contributed by atoms with E-state index in [4.69, 9.17) is 0 Å². The minimum Gasteiger partial charge on any atom is -0.481 e. The average molecular weight is 512 g/mol. The number of benzene rings is 2. The molecule has 0 aromatic heterocycles. The number of carboxylic acid groups (broad SMARTS) is 1. The van der Waals surface area contributed by atoms with Crippen LogP contribution in [0.25, 0.3) is 11.1 Å². The number of hydrogen-bond donors (Lipinski definition) is 4. The second kappa shape index (κ2) is 12.4. The first-order valence-corrected chi connectivity index (χ1v) is 13.1. The molecule has 0 spiro atoms. The monoisotopic (exact) mass is 511 g/mol. The molecule has 2 aromatic rings. The predicted octanol–water partition coefficient (Wildman–Crippen LogP) is 4.58. The third-order valence-electron chi connectivity index (χ3n) is 7.85. The van der Waals surface area contributed by atoms with Gasteiger partial charge in [0.15, 0.2) is 11.3 Å². The van der Waals surface area contributed by atoms with E-state index in [0.717, 1.165) is 29.5 Å². The lowest BCUT2D eigenvalue weighted by Crippen LogP contribution is -2.71. The van der Waals surface area contributed by atoms with Crippen molar-refractivity contribution >= 4 is 17.7 Å². The molecule has 3 rings (SSSR count). The largest absolute Gasteiger partial charge is 0.481 e. The molecule has 1 fully saturated rings. The van der Waals surface area contributed by atoms with Gasteiger partial charge >= 0.3 is 5.97 Å². The molecule has 0 aliphatic carbocycles. The van der Waals surface area contributed by atoms with Crippen LogP contribution in [0, 0.1) is 11.2 Å². The van der Waals surface area contributed by atoms with Crippen molar-refractivity contribution < 1.29 is 23.9 Å². The van der Waals surface area contributed by atoms with Crippen LogP contribution in [0.2, 0.25) is 0 Å². The molecule has 3 atom stereocenters. The molecule has 8 heteroatoms. The predicted molar refractivity (Wildman–Crippen MR) is 141 cm³/mol. The van der Waals surface area contributed by atoms with Gasteiger partial charge in [-0.2, -0.15) is 0 Å². The van der Waals surface area contributed by atoms with Crippen molar-refractivity contribution in [3.8, 4) is 11.1 Å². The highest BCUT2D eigenvalue weighted by atomic mass is 19.1. The smallest absolute Gasteiger partial charge is 0.309 e. The minimum absolute atomic E-state index is 0.0316. The van der Waals surface area contributed by atoms with Gasteiger partial charge < -0.3 is 10.4 Å². The van der Waals surface area contributed by atoms with Crippen LogP contribution in [0.4, 0.5) is 4.39 Å². The number of rotatable bonds is 12. The molecule has 1 heterocycles. The quantitative estimate of drug-likeness (QED) is 0.311. The van der Waals surface area contributed by atoms with Crippen molar-refractivity contribution in [1.82, 2.24) is 16.2 Å². The Morgan fingerprint density at radius 2 is 1.68 bits per heavy atom. The molecule has 1 saturated heterocycles. The lowest BCUT2D eigenvalue weighted by atomic mass is 9.69. The van der Waals surface area contributed by atoms with E-state index < -0.39 is 28.7 Å². The lowest BCUT2D eigenvalue weighted by Gasteiger charge is -2.43. The Bertz CT molecular complexity index is 1090. The molecule has 0 bridgehead atoms. The van der Waals surface area contributed by atoms with Crippen molar-refractivity contribution in [1.29, 1.82) is 0 Å². The van der Waals surface area contributed by atoms with Gasteiger partial charge in [-0.05, 0) is 54.5 Å². The fourth-order valence-corrected chi connectivity index (χ4v) is 5.40. The molecule has 0 radical (unpaired) electrons. The maximum absolute atomic E-state index is 13.9. The highest BCUT2D eigenvalue weighted by Gasteiger charge is 2.53. The van der Waals surface area contributed by atoms with Gasteiger partial charge in [-0.25, -0.2) is 9.82 Å². The molecular formula is C29H38FN3O4. The summed E-state index contributed by atoms with van der Waals surface area (Å²) in [6.07, 6.45) is 3.22. The standard InChI is InChI=1S/C29H38FN3O4/c1-4-6-17-28(5-2,27(36)37)18-15-25(34)29(26(35)31-3)24(16-19-32-33-29)22-9-7-20(8-10-22)21-11-13-23(30)14-12-21/h7-14,24,32-33H,4-6,15-19H2,1-3H3,(H,31,35)(H,36,37)/t24-,28?,29-/m0/s1. The number of nitrogens with one attached hydrogen (secondary N) is 3. The number of unbranched alkanes of at least 4 members (excludes halogenated alkanes) is 1. The second-order valence-electron chi connectivity index (χ2n) is 9.87. The van der Waals surface area contributed by atoms with Gasteiger partial charge in [0.05, 0.1) is 5.41 Å². The normalized spacial score (nSPS) is 21.1. The van der Waals surface area contributed by atoms with Gasteiger partial charge in [-0.1, -0.05) is 63.1 Å². The Kier molecular flexibility index (Phi) is 9.56. The summed E-state index contributed by atoms with van der Waals surface area (Å²) in [7, 11) is 1.50. The molecule has 37 heavy (non-hydrogen) atoms. The number of amides is 1. The van der Waals surface area contributed by atoms with E-state index in [1.165, 1.54) is 19.2 Å². The lowest BCUT2D eigenvalue weighted by molar-refractivity contribution is -0.151.